The molecule has 0 saturated heterocycles. The lowest BCUT2D eigenvalue weighted by Gasteiger charge is -2.20. The summed E-state index contributed by atoms with van der Waals surface area (Å²) in [6.07, 6.45) is 0. The van der Waals surface area contributed by atoms with Crippen LogP contribution in [0.4, 0.5) is 15.6 Å². The van der Waals surface area contributed by atoms with E-state index in [-0.39, 0.29) is 22.5 Å². The summed E-state index contributed by atoms with van der Waals surface area (Å²) in [7, 11) is 0.783. The monoisotopic (exact) mass is 442 g/mol. The van der Waals surface area contributed by atoms with E-state index in [1.165, 1.54) is 26.1 Å². The minimum Gasteiger partial charge on any atom is -0.494 e. The van der Waals surface area contributed by atoms with E-state index in [4.69, 9.17) is 9.47 Å². The molecule has 160 valence electrons. The minimum atomic E-state index is -3.65. The molecular formula is C18H26N4O5S2. The number of nitrogens with zero attached hydrogens (tertiary/aromatic N) is 3. The first-order chi connectivity index (χ1) is 13.7. The number of ether oxygens (including phenoxy) is 2. The maximum absolute atomic E-state index is 12.9. The Labute approximate surface area is 175 Å². The molecule has 0 aliphatic carbocycles. The number of amides is 2. The highest BCUT2D eigenvalue weighted by molar-refractivity contribution is 7.91. The Kier molecular flexibility index (Phi) is 7.96. The number of aromatic nitrogens is 1. The van der Waals surface area contributed by atoms with Gasteiger partial charge in [0.05, 0.1) is 25.5 Å². The first kappa shape index (κ1) is 23.1. The predicted octanol–water partition coefficient (Wildman–Crippen LogP) is 2.79. The molecule has 0 radical (unpaired) electrons. The summed E-state index contributed by atoms with van der Waals surface area (Å²) in [5, 5.41) is 3.07. The topological polar surface area (TPSA) is 101 Å². The smallest absolute Gasteiger partial charge is 0.328 e. The second kappa shape index (κ2) is 10.0. The maximum Gasteiger partial charge on any atom is 0.328 e. The Balaban J connectivity index is 2.28. The normalized spacial score (nSPS) is 11.5. The van der Waals surface area contributed by atoms with Gasteiger partial charge in [0.1, 0.15) is 5.75 Å². The third-order valence-electron chi connectivity index (χ3n) is 3.87. The molecule has 0 atom stereocenters. The average Bonchev–Trinajstić information content (AvgIpc) is 3.06. The van der Waals surface area contributed by atoms with E-state index in [2.05, 4.69) is 10.3 Å². The number of thiazole rings is 1. The SMILES string of the molecule is CCOc1ccc(NC(=O)N(CCOC)c2nc(C)c(S(=O)(=O)N(C)C)s2)cc1. The molecule has 0 spiro atoms. The predicted molar refractivity (Wildman–Crippen MR) is 114 cm³/mol. The Morgan fingerprint density at radius 1 is 1.24 bits per heavy atom. The number of nitrogens with one attached hydrogen (secondary N) is 1. The van der Waals surface area contributed by atoms with Crippen molar-refractivity contribution in [3.63, 3.8) is 0 Å². The van der Waals surface area contributed by atoms with E-state index in [9.17, 15) is 13.2 Å². The number of hydrogen-bond donors (Lipinski definition) is 1. The Bertz CT molecular complexity index is 926. The number of methoxy groups -OCH3 is 1. The maximum atomic E-state index is 12.9. The molecular weight excluding hydrogens is 416 g/mol. The molecule has 0 saturated carbocycles. The quantitative estimate of drug-likeness (QED) is 0.641. The van der Waals surface area contributed by atoms with Crippen LogP contribution in [0.3, 0.4) is 0 Å². The third-order valence-corrected chi connectivity index (χ3v) is 7.45. The molecule has 11 heteroatoms. The fourth-order valence-electron chi connectivity index (χ4n) is 2.35. The number of urea groups is 1. The van der Waals surface area contributed by atoms with Crippen molar-refractivity contribution in [2.24, 2.45) is 0 Å². The molecule has 1 aromatic heterocycles. The standard InChI is InChI=1S/C18H26N4O5S2/c1-6-27-15-9-7-14(8-10-15)20-17(23)22(11-12-26-5)18-19-13(2)16(28-18)29(24,25)21(3)4/h7-10H,6,11-12H2,1-5H3,(H,20,23). The van der Waals surface area contributed by atoms with Crippen molar-refractivity contribution in [1.82, 2.24) is 9.29 Å². The van der Waals surface area contributed by atoms with Gasteiger partial charge in [-0.25, -0.2) is 22.5 Å². The Hall–Kier alpha value is -2.21. The van der Waals surface area contributed by atoms with Gasteiger partial charge in [-0.05, 0) is 38.1 Å². The molecule has 0 unspecified atom stereocenters. The lowest BCUT2D eigenvalue weighted by Crippen LogP contribution is -2.37. The van der Waals surface area contributed by atoms with Gasteiger partial charge in [-0.2, -0.15) is 0 Å². The molecule has 1 heterocycles. The number of aryl methyl sites for hydroxylation is 1. The van der Waals surface area contributed by atoms with Crippen LogP contribution in [0, 0.1) is 6.92 Å². The zero-order chi connectivity index (χ0) is 21.6. The van der Waals surface area contributed by atoms with Gasteiger partial charge in [-0.3, -0.25) is 4.90 Å². The summed E-state index contributed by atoms with van der Waals surface area (Å²) in [5.74, 6) is 0.704. The second-order valence-electron chi connectivity index (χ2n) is 6.19. The molecule has 1 N–H and O–H groups in total. The Morgan fingerprint density at radius 3 is 2.45 bits per heavy atom. The highest BCUT2D eigenvalue weighted by Gasteiger charge is 2.28. The van der Waals surface area contributed by atoms with Crippen LogP contribution in [0.5, 0.6) is 5.75 Å². The number of benzene rings is 1. The first-order valence-corrected chi connectivity index (χ1v) is 11.2. The van der Waals surface area contributed by atoms with Crippen LogP contribution < -0.4 is 15.0 Å². The van der Waals surface area contributed by atoms with E-state index in [0.717, 1.165) is 15.6 Å². The van der Waals surface area contributed by atoms with Crippen molar-refractivity contribution >= 4 is 38.2 Å². The van der Waals surface area contributed by atoms with Crippen LogP contribution >= 0.6 is 11.3 Å². The van der Waals surface area contributed by atoms with Gasteiger partial charge in [0.25, 0.3) is 10.0 Å². The number of sulfonamides is 1. The van der Waals surface area contributed by atoms with Gasteiger partial charge in [-0.15, -0.1) is 0 Å². The van der Waals surface area contributed by atoms with Gasteiger partial charge in [0.15, 0.2) is 9.34 Å². The largest absolute Gasteiger partial charge is 0.494 e. The molecule has 0 fully saturated rings. The lowest BCUT2D eigenvalue weighted by molar-refractivity contribution is 0.204. The molecule has 1 aromatic carbocycles. The van der Waals surface area contributed by atoms with Crippen LogP contribution in [0.15, 0.2) is 28.5 Å². The van der Waals surface area contributed by atoms with E-state index in [1.54, 1.807) is 31.2 Å². The Morgan fingerprint density at radius 2 is 1.90 bits per heavy atom. The fraction of sp³-hybridized carbons (Fsp3) is 0.444. The summed E-state index contributed by atoms with van der Waals surface area (Å²) < 4.78 is 36.7. The molecule has 29 heavy (non-hydrogen) atoms. The van der Waals surface area contributed by atoms with Crippen molar-refractivity contribution in [2.75, 3.05) is 51.2 Å². The summed E-state index contributed by atoms with van der Waals surface area (Å²) >= 11 is 0.950. The number of carbonyl (C=O) groups excluding carboxylic acids is 1. The van der Waals surface area contributed by atoms with Gasteiger partial charge >= 0.3 is 6.03 Å². The summed E-state index contributed by atoms with van der Waals surface area (Å²) in [6, 6.07) is 6.54. The third kappa shape index (κ3) is 5.66. The van der Waals surface area contributed by atoms with E-state index in [1.807, 2.05) is 6.92 Å². The van der Waals surface area contributed by atoms with Crippen molar-refractivity contribution in [1.29, 1.82) is 0 Å². The molecule has 2 aromatic rings. The zero-order valence-electron chi connectivity index (χ0n) is 17.1. The lowest BCUT2D eigenvalue weighted by atomic mass is 10.3. The van der Waals surface area contributed by atoms with Gasteiger partial charge < -0.3 is 14.8 Å². The molecule has 2 rings (SSSR count). The average molecular weight is 443 g/mol. The van der Waals surface area contributed by atoms with Gasteiger partial charge in [-0.1, -0.05) is 11.3 Å². The highest BCUT2D eigenvalue weighted by Crippen LogP contribution is 2.31. The second-order valence-corrected chi connectivity index (χ2v) is 9.51. The van der Waals surface area contributed by atoms with E-state index in [0.29, 0.717) is 23.7 Å². The van der Waals surface area contributed by atoms with Crippen molar-refractivity contribution in [3.05, 3.63) is 30.0 Å². The number of hydrogen-bond acceptors (Lipinski definition) is 7. The van der Waals surface area contributed by atoms with Crippen molar-refractivity contribution in [2.45, 2.75) is 18.1 Å². The molecule has 2 amide bonds. The van der Waals surface area contributed by atoms with Crippen molar-refractivity contribution < 1.29 is 22.7 Å². The highest BCUT2D eigenvalue weighted by atomic mass is 32.2. The van der Waals surface area contributed by atoms with Crippen LogP contribution in [-0.4, -0.2) is 64.7 Å². The van der Waals surface area contributed by atoms with Crippen LogP contribution in [0.25, 0.3) is 0 Å². The summed E-state index contributed by atoms with van der Waals surface area (Å²) in [4.78, 5) is 18.6. The summed E-state index contributed by atoms with van der Waals surface area (Å²) in [5.41, 5.74) is 0.922. The van der Waals surface area contributed by atoms with Crippen LogP contribution in [-0.2, 0) is 14.8 Å². The molecule has 9 nitrogen and oxygen atoms in total. The fourth-order valence-corrected chi connectivity index (χ4v) is 5.02. The molecule has 0 aliphatic heterocycles. The van der Waals surface area contributed by atoms with Gasteiger partial charge in [0.2, 0.25) is 0 Å². The number of rotatable bonds is 9. The van der Waals surface area contributed by atoms with E-state index >= 15 is 0 Å². The van der Waals surface area contributed by atoms with Crippen molar-refractivity contribution in [3.8, 4) is 5.75 Å². The minimum absolute atomic E-state index is 0.105. The number of carbonyl (C=O) groups is 1. The number of anilines is 2. The molecule has 0 bridgehead atoms. The van der Waals surface area contributed by atoms with Gasteiger partial charge in [0, 0.05) is 26.9 Å². The van der Waals surface area contributed by atoms with Crippen LogP contribution in [0.1, 0.15) is 12.6 Å². The zero-order valence-corrected chi connectivity index (χ0v) is 18.8. The van der Waals surface area contributed by atoms with Crippen LogP contribution in [0.2, 0.25) is 0 Å². The molecule has 0 aliphatic rings. The summed E-state index contributed by atoms with van der Waals surface area (Å²) in [6.45, 7) is 4.54. The van der Waals surface area contributed by atoms with E-state index < -0.39 is 16.1 Å². The first-order valence-electron chi connectivity index (χ1n) is 8.91.